The molecule has 0 heterocycles. The topological polar surface area (TPSA) is 26.0 Å². The molecule has 0 radical (unpaired) electrons. The fraction of sp³-hybridized carbons (Fsp3) is 0.250. The van der Waals surface area contributed by atoms with Gasteiger partial charge in [-0.25, -0.2) is 0 Å². The van der Waals surface area contributed by atoms with E-state index in [4.69, 9.17) is 5.73 Å². The molecule has 104 valence electrons. The minimum absolute atomic E-state index is 0.216. The molecule has 2 N–H and O–H groups in total. The van der Waals surface area contributed by atoms with Crippen LogP contribution in [0.1, 0.15) is 24.0 Å². The summed E-state index contributed by atoms with van der Waals surface area (Å²) >= 11 is 0. The molecule has 1 saturated carbocycles. The third kappa shape index (κ3) is 2.43. The second kappa shape index (κ2) is 4.35. The predicted molar refractivity (Wildman–Crippen MR) is 72.0 cm³/mol. The van der Waals surface area contributed by atoms with Crippen molar-refractivity contribution in [1.29, 1.82) is 0 Å². The maximum Gasteiger partial charge on any atom is 0.416 e. The van der Waals surface area contributed by atoms with Crippen molar-refractivity contribution in [3.63, 3.8) is 0 Å². The fourth-order valence-corrected chi connectivity index (χ4v) is 2.29. The van der Waals surface area contributed by atoms with Crippen LogP contribution in [0.3, 0.4) is 0 Å². The van der Waals surface area contributed by atoms with Crippen LogP contribution in [0.4, 0.5) is 13.2 Å². The molecule has 0 aliphatic heterocycles. The first-order valence-corrected chi connectivity index (χ1v) is 6.46. The minimum Gasteiger partial charge on any atom is -0.321 e. The van der Waals surface area contributed by atoms with E-state index in [2.05, 4.69) is 0 Å². The number of rotatable bonds is 2. The molecule has 0 bridgehead atoms. The highest BCUT2D eigenvalue weighted by Crippen LogP contribution is 2.43. The van der Waals surface area contributed by atoms with Crippen molar-refractivity contribution in [2.45, 2.75) is 24.6 Å². The summed E-state index contributed by atoms with van der Waals surface area (Å²) in [6.45, 7) is 0. The molecule has 1 aliphatic carbocycles. The van der Waals surface area contributed by atoms with Crippen molar-refractivity contribution in [3.05, 3.63) is 59.7 Å². The minimum atomic E-state index is -4.31. The van der Waals surface area contributed by atoms with E-state index in [1.807, 2.05) is 24.3 Å². The van der Waals surface area contributed by atoms with E-state index in [0.717, 1.165) is 30.0 Å². The largest absolute Gasteiger partial charge is 0.416 e. The van der Waals surface area contributed by atoms with E-state index in [1.54, 1.807) is 6.07 Å². The highest BCUT2D eigenvalue weighted by atomic mass is 19.4. The van der Waals surface area contributed by atoms with Crippen LogP contribution >= 0.6 is 0 Å². The molecule has 1 fully saturated rings. The molecule has 3 rings (SSSR count). The van der Waals surface area contributed by atoms with Gasteiger partial charge in [-0.3, -0.25) is 0 Å². The van der Waals surface area contributed by atoms with Gasteiger partial charge >= 0.3 is 6.18 Å². The number of hydrogen-bond acceptors (Lipinski definition) is 1. The van der Waals surface area contributed by atoms with Gasteiger partial charge in [0, 0.05) is 5.54 Å². The molecule has 20 heavy (non-hydrogen) atoms. The van der Waals surface area contributed by atoms with Gasteiger partial charge in [-0.05, 0) is 41.7 Å². The Balaban J connectivity index is 1.93. The molecule has 0 saturated heterocycles. The smallest absolute Gasteiger partial charge is 0.321 e. The first-order chi connectivity index (χ1) is 9.38. The number of benzene rings is 2. The van der Waals surface area contributed by atoms with Crippen LogP contribution in [0.15, 0.2) is 48.5 Å². The van der Waals surface area contributed by atoms with Crippen molar-refractivity contribution in [2.24, 2.45) is 5.73 Å². The van der Waals surface area contributed by atoms with E-state index in [9.17, 15) is 13.2 Å². The molecule has 0 atom stereocenters. The molecule has 0 spiro atoms. The molecular formula is C16H14F3N. The summed E-state index contributed by atoms with van der Waals surface area (Å²) in [6, 6.07) is 12.8. The number of hydrogen-bond donors (Lipinski definition) is 1. The molecule has 0 amide bonds. The lowest BCUT2D eigenvalue weighted by atomic mass is 9.99. The lowest BCUT2D eigenvalue weighted by Crippen LogP contribution is -2.18. The van der Waals surface area contributed by atoms with Crippen LogP contribution in [0.5, 0.6) is 0 Å². The van der Waals surface area contributed by atoms with Crippen molar-refractivity contribution < 1.29 is 13.2 Å². The Bertz CT molecular complexity index is 625. The maximum absolute atomic E-state index is 12.7. The summed E-state index contributed by atoms with van der Waals surface area (Å²) < 4.78 is 38.1. The van der Waals surface area contributed by atoms with Crippen molar-refractivity contribution in [2.75, 3.05) is 0 Å². The van der Waals surface area contributed by atoms with E-state index in [0.29, 0.717) is 5.56 Å². The SMILES string of the molecule is NC1(c2ccc(-c3cccc(C(F)(F)F)c3)cc2)CC1. The normalized spacial score (nSPS) is 17.0. The van der Waals surface area contributed by atoms with Crippen LogP contribution in [0.25, 0.3) is 11.1 Å². The van der Waals surface area contributed by atoms with Crippen molar-refractivity contribution >= 4 is 0 Å². The van der Waals surface area contributed by atoms with Gasteiger partial charge in [-0.15, -0.1) is 0 Å². The Hall–Kier alpha value is -1.81. The zero-order valence-electron chi connectivity index (χ0n) is 10.7. The number of alkyl halides is 3. The fourth-order valence-electron chi connectivity index (χ4n) is 2.29. The average Bonchev–Trinajstić information content (AvgIpc) is 3.18. The summed E-state index contributed by atoms with van der Waals surface area (Å²) in [7, 11) is 0. The summed E-state index contributed by atoms with van der Waals surface area (Å²) in [4.78, 5) is 0. The van der Waals surface area contributed by atoms with Crippen LogP contribution < -0.4 is 5.73 Å². The number of halogens is 3. The van der Waals surface area contributed by atoms with E-state index in [-0.39, 0.29) is 5.54 Å². The molecule has 0 unspecified atom stereocenters. The predicted octanol–water partition coefficient (Wildman–Crippen LogP) is 4.32. The van der Waals surface area contributed by atoms with Crippen LogP contribution in [-0.4, -0.2) is 0 Å². The lowest BCUT2D eigenvalue weighted by Gasteiger charge is -2.11. The van der Waals surface area contributed by atoms with Crippen LogP contribution in [0.2, 0.25) is 0 Å². The Labute approximate surface area is 115 Å². The van der Waals surface area contributed by atoms with Gasteiger partial charge in [0.05, 0.1) is 5.56 Å². The van der Waals surface area contributed by atoms with Gasteiger partial charge in [0.2, 0.25) is 0 Å². The molecule has 0 aromatic heterocycles. The third-order valence-electron chi connectivity index (χ3n) is 3.77. The van der Waals surface area contributed by atoms with Gasteiger partial charge in [0.15, 0.2) is 0 Å². The average molecular weight is 277 g/mol. The first kappa shape index (κ1) is 13.2. The second-order valence-electron chi connectivity index (χ2n) is 5.31. The van der Waals surface area contributed by atoms with Gasteiger partial charge < -0.3 is 5.73 Å². The first-order valence-electron chi connectivity index (χ1n) is 6.46. The molecular weight excluding hydrogens is 263 g/mol. The third-order valence-corrected chi connectivity index (χ3v) is 3.77. The molecule has 1 nitrogen and oxygen atoms in total. The Kier molecular flexibility index (Phi) is 2.87. The summed E-state index contributed by atoms with van der Waals surface area (Å²) in [5.41, 5.74) is 7.63. The highest BCUT2D eigenvalue weighted by Gasteiger charge is 2.39. The molecule has 4 heteroatoms. The Morgan fingerprint density at radius 2 is 1.55 bits per heavy atom. The zero-order valence-corrected chi connectivity index (χ0v) is 10.7. The Morgan fingerprint density at radius 3 is 2.10 bits per heavy atom. The zero-order chi connectivity index (χ0) is 14.4. The quantitative estimate of drug-likeness (QED) is 0.869. The second-order valence-corrected chi connectivity index (χ2v) is 5.31. The molecule has 2 aromatic rings. The van der Waals surface area contributed by atoms with E-state index in [1.165, 1.54) is 12.1 Å². The number of nitrogens with two attached hydrogens (primary N) is 1. The van der Waals surface area contributed by atoms with Crippen molar-refractivity contribution in [1.82, 2.24) is 0 Å². The highest BCUT2D eigenvalue weighted by molar-refractivity contribution is 5.65. The van der Waals surface area contributed by atoms with Gasteiger partial charge in [-0.2, -0.15) is 13.2 Å². The van der Waals surface area contributed by atoms with Gasteiger partial charge in [-0.1, -0.05) is 36.4 Å². The van der Waals surface area contributed by atoms with Gasteiger partial charge in [0.25, 0.3) is 0 Å². The summed E-state index contributed by atoms with van der Waals surface area (Å²) in [6.07, 6.45) is -2.38. The lowest BCUT2D eigenvalue weighted by molar-refractivity contribution is -0.137. The molecule has 2 aromatic carbocycles. The van der Waals surface area contributed by atoms with Crippen LogP contribution in [0, 0.1) is 0 Å². The van der Waals surface area contributed by atoms with E-state index >= 15 is 0 Å². The van der Waals surface area contributed by atoms with Gasteiger partial charge in [0.1, 0.15) is 0 Å². The van der Waals surface area contributed by atoms with Crippen LogP contribution in [-0.2, 0) is 11.7 Å². The molecule has 1 aliphatic rings. The summed E-state index contributed by atoms with van der Waals surface area (Å²) in [5.74, 6) is 0. The van der Waals surface area contributed by atoms with Crippen molar-refractivity contribution in [3.8, 4) is 11.1 Å². The summed E-state index contributed by atoms with van der Waals surface area (Å²) in [5, 5.41) is 0. The maximum atomic E-state index is 12.7. The Morgan fingerprint density at radius 1 is 0.900 bits per heavy atom. The standard InChI is InChI=1S/C16H14F3N/c17-16(18,19)14-3-1-2-12(10-14)11-4-6-13(7-5-11)15(20)8-9-15/h1-7,10H,8-9,20H2. The van der Waals surface area contributed by atoms with E-state index < -0.39 is 11.7 Å². The monoisotopic (exact) mass is 277 g/mol.